The molecule has 1 aliphatic heterocycles. The lowest BCUT2D eigenvalue weighted by atomic mass is 10.1. The number of hydrogen-bond donors (Lipinski definition) is 0. The molecule has 0 fully saturated rings. The monoisotopic (exact) mass is 366 g/mol. The number of nitrogens with zero attached hydrogens (tertiary/aromatic N) is 2. The van der Waals surface area contributed by atoms with E-state index in [9.17, 15) is 16.8 Å². The number of sulfone groups is 1. The predicted octanol–water partition coefficient (Wildman–Crippen LogP) is 1.60. The summed E-state index contributed by atoms with van der Waals surface area (Å²) >= 11 is 5.74. The molecule has 0 atom stereocenters. The highest BCUT2D eigenvalue weighted by molar-refractivity contribution is 7.91. The zero-order chi connectivity index (χ0) is 16.7. The number of fused-ring (bicyclic) bond motifs is 1. The molecule has 0 spiro atoms. The first-order chi connectivity index (χ1) is 10.1. The van der Waals surface area contributed by atoms with Crippen molar-refractivity contribution in [2.24, 2.45) is 0 Å². The van der Waals surface area contributed by atoms with Crippen LogP contribution in [0.1, 0.15) is 19.4 Å². The summed E-state index contributed by atoms with van der Waals surface area (Å²) in [7, 11) is -7.00. The third kappa shape index (κ3) is 3.10. The molecule has 0 saturated heterocycles. The topological polar surface area (TPSA) is 74.8 Å². The highest BCUT2D eigenvalue weighted by Gasteiger charge is 2.37. The molecule has 1 aliphatic rings. The van der Waals surface area contributed by atoms with Crippen molar-refractivity contribution in [2.75, 3.05) is 23.0 Å². The van der Waals surface area contributed by atoms with Crippen molar-refractivity contribution in [3.8, 4) is 0 Å². The molecule has 124 valence electrons. The lowest BCUT2D eigenvalue weighted by Crippen LogP contribution is -2.50. The molecule has 22 heavy (non-hydrogen) atoms. The zero-order valence-electron chi connectivity index (χ0n) is 12.7. The SMILES string of the molecule is CC(C)N1Cc2cc(S(C)(=O)=O)ccc2N(CCCl)S1(=O)=O. The van der Waals surface area contributed by atoms with Gasteiger partial charge in [0.2, 0.25) is 0 Å². The van der Waals surface area contributed by atoms with Crippen LogP contribution >= 0.6 is 11.6 Å². The van der Waals surface area contributed by atoms with E-state index in [4.69, 9.17) is 11.6 Å². The van der Waals surface area contributed by atoms with Crippen molar-refractivity contribution in [1.82, 2.24) is 4.31 Å². The van der Waals surface area contributed by atoms with E-state index in [1.54, 1.807) is 13.8 Å². The molecule has 1 aromatic rings. The Labute approximate surface area is 136 Å². The van der Waals surface area contributed by atoms with Gasteiger partial charge < -0.3 is 0 Å². The Hall–Kier alpha value is -0.830. The van der Waals surface area contributed by atoms with E-state index in [0.29, 0.717) is 11.3 Å². The van der Waals surface area contributed by atoms with E-state index < -0.39 is 20.0 Å². The summed E-state index contributed by atoms with van der Waals surface area (Å²) < 4.78 is 51.3. The van der Waals surface area contributed by atoms with Crippen LogP contribution in [0.5, 0.6) is 0 Å². The average molecular weight is 367 g/mol. The molecule has 0 saturated carbocycles. The second-order valence-electron chi connectivity index (χ2n) is 5.47. The number of hydrogen-bond acceptors (Lipinski definition) is 4. The minimum atomic E-state index is -3.65. The number of anilines is 1. The number of benzene rings is 1. The predicted molar refractivity (Wildman–Crippen MR) is 87.2 cm³/mol. The van der Waals surface area contributed by atoms with Crippen LogP contribution in [0.25, 0.3) is 0 Å². The first kappa shape index (κ1) is 17.5. The molecule has 6 nitrogen and oxygen atoms in total. The molecule has 1 heterocycles. The Bertz CT molecular complexity index is 775. The summed E-state index contributed by atoms with van der Waals surface area (Å²) in [5.74, 6) is 0.151. The Balaban J connectivity index is 2.63. The van der Waals surface area contributed by atoms with Gasteiger partial charge in [0.25, 0.3) is 0 Å². The number of rotatable bonds is 4. The second-order valence-corrected chi connectivity index (χ2v) is 9.67. The summed E-state index contributed by atoms with van der Waals surface area (Å²) in [6, 6.07) is 4.26. The Kier molecular flexibility index (Phi) is 4.77. The van der Waals surface area contributed by atoms with Crippen molar-refractivity contribution >= 4 is 37.3 Å². The van der Waals surface area contributed by atoms with Gasteiger partial charge in [-0.15, -0.1) is 11.6 Å². The highest BCUT2D eigenvalue weighted by atomic mass is 35.5. The van der Waals surface area contributed by atoms with E-state index in [0.717, 1.165) is 6.26 Å². The Morgan fingerprint density at radius 2 is 1.95 bits per heavy atom. The molecular formula is C13H19ClN2O4S2. The van der Waals surface area contributed by atoms with Crippen LogP contribution in [0.2, 0.25) is 0 Å². The molecule has 0 N–H and O–H groups in total. The minimum absolute atomic E-state index is 0.137. The molecule has 0 unspecified atom stereocenters. The summed E-state index contributed by atoms with van der Waals surface area (Å²) in [5.41, 5.74) is 1.15. The van der Waals surface area contributed by atoms with Gasteiger partial charge in [-0.05, 0) is 37.6 Å². The maximum atomic E-state index is 12.7. The third-order valence-corrected chi connectivity index (χ3v) is 6.87. The van der Waals surface area contributed by atoms with Crippen molar-refractivity contribution in [1.29, 1.82) is 0 Å². The molecule has 9 heteroatoms. The Morgan fingerprint density at radius 3 is 2.45 bits per heavy atom. The maximum Gasteiger partial charge on any atom is 0.304 e. The summed E-state index contributed by atoms with van der Waals surface area (Å²) in [6.45, 7) is 3.85. The van der Waals surface area contributed by atoms with Crippen molar-refractivity contribution < 1.29 is 16.8 Å². The molecular weight excluding hydrogens is 348 g/mol. The number of alkyl halides is 1. The van der Waals surface area contributed by atoms with Gasteiger partial charge in [0.1, 0.15) is 0 Å². The quantitative estimate of drug-likeness (QED) is 0.758. The van der Waals surface area contributed by atoms with Crippen molar-refractivity contribution in [2.45, 2.75) is 31.3 Å². The van der Waals surface area contributed by atoms with E-state index in [-0.39, 0.29) is 29.9 Å². The van der Waals surface area contributed by atoms with Crippen LogP contribution in [0.4, 0.5) is 5.69 Å². The zero-order valence-corrected chi connectivity index (χ0v) is 15.0. The average Bonchev–Trinajstić information content (AvgIpc) is 2.39. The fourth-order valence-electron chi connectivity index (χ4n) is 2.42. The highest BCUT2D eigenvalue weighted by Crippen LogP contribution is 2.34. The maximum absolute atomic E-state index is 12.7. The van der Waals surface area contributed by atoms with Crippen LogP contribution in [-0.2, 0) is 26.6 Å². The van der Waals surface area contributed by atoms with Gasteiger partial charge in [-0.1, -0.05) is 0 Å². The largest absolute Gasteiger partial charge is 0.304 e. The van der Waals surface area contributed by atoms with Gasteiger partial charge in [0.15, 0.2) is 9.84 Å². The second kappa shape index (κ2) is 5.99. The van der Waals surface area contributed by atoms with E-state index >= 15 is 0 Å². The third-order valence-electron chi connectivity index (χ3n) is 3.51. The Morgan fingerprint density at radius 1 is 1.32 bits per heavy atom. The molecule has 0 aliphatic carbocycles. The first-order valence-electron chi connectivity index (χ1n) is 6.77. The number of halogens is 1. The van der Waals surface area contributed by atoms with Gasteiger partial charge in [-0.25, -0.2) is 8.42 Å². The molecule has 0 aromatic heterocycles. The summed E-state index contributed by atoms with van der Waals surface area (Å²) in [5, 5.41) is 0. The van der Waals surface area contributed by atoms with Crippen LogP contribution in [0.3, 0.4) is 0 Å². The lowest BCUT2D eigenvalue weighted by Gasteiger charge is -2.39. The van der Waals surface area contributed by atoms with E-state index in [1.807, 2.05) is 0 Å². The van der Waals surface area contributed by atoms with E-state index in [1.165, 1.54) is 26.8 Å². The molecule has 1 aromatic carbocycles. The van der Waals surface area contributed by atoms with Crippen LogP contribution in [0, 0.1) is 0 Å². The van der Waals surface area contributed by atoms with Gasteiger partial charge in [-0.2, -0.15) is 12.7 Å². The smallest absolute Gasteiger partial charge is 0.256 e. The fourth-order valence-corrected chi connectivity index (χ4v) is 5.20. The van der Waals surface area contributed by atoms with E-state index in [2.05, 4.69) is 0 Å². The van der Waals surface area contributed by atoms with Gasteiger partial charge in [-0.3, -0.25) is 4.31 Å². The fraction of sp³-hybridized carbons (Fsp3) is 0.538. The van der Waals surface area contributed by atoms with Gasteiger partial charge in [0.05, 0.1) is 10.6 Å². The summed E-state index contributed by atoms with van der Waals surface area (Å²) in [6.07, 6.45) is 1.13. The minimum Gasteiger partial charge on any atom is -0.256 e. The molecule has 0 amide bonds. The van der Waals surface area contributed by atoms with Crippen molar-refractivity contribution in [3.05, 3.63) is 23.8 Å². The first-order valence-corrected chi connectivity index (χ1v) is 10.6. The standard InChI is InChI=1S/C13H19ClN2O4S2/c1-10(2)16-9-11-8-12(21(3,17)18)4-5-13(11)15(7-6-14)22(16,19)20/h4-5,8,10H,6-7,9H2,1-3H3. The van der Waals surface area contributed by atoms with Crippen LogP contribution in [0.15, 0.2) is 23.1 Å². The van der Waals surface area contributed by atoms with Crippen LogP contribution in [-0.4, -0.2) is 45.9 Å². The normalized spacial score (nSPS) is 18.5. The van der Waals surface area contributed by atoms with Gasteiger partial charge >= 0.3 is 10.2 Å². The van der Waals surface area contributed by atoms with Gasteiger partial charge in [0, 0.05) is 31.3 Å². The van der Waals surface area contributed by atoms with Crippen LogP contribution < -0.4 is 4.31 Å². The molecule has 0 radical (unpaired) electrons. The van der Waals surface area contributed by atoms with Crippen molar-refractivity contribution in [3.63, 3.8) is 0 Å². The molecule has 2 rings (SSSR count). The lowest BCUT2D eigenvalue weighted by molar-refractivity contribution is 0.341. The summed E-state index contributed by atoms with van der Waals surface area (Å²) in [4.78, 5) is 0.181. The molecule has 0 bridgehead atoms.